The van der Waals surface area contributed by atoms with Crippen LogP contribution in [0.25, 0.3) is 10.6 Å². The van der Waals surface area contributed by atoms with Gasteiger partial charge in [0.05, 0.1) is 12.8 Å². The Morgan fingerprint density at radius 2 is 1.96 bits per heavy atom. The lowest BCUT2D eigenvalue weighted by molar-refractivity contribution is -0.123. The summed E-state index contributed by atoms with van der Waals surface area (Å²) in [6.07, 6.45) is 0.614. The first-order valence-corrected chi connectivity index (χ1v) is 9.26. The van der Waals surface area contributed by atoms with Gasteiger partial charge in [-0.1, -0.05) is 6.07 Å². The molecule has 1 heterocycles. The minimum Gasteiger partial charge on any atom is -0.497 e. The third-order valence-corrected chi connectivity index (χ3v) is 4.70. The molecular formula is C20H19FN2O3S. The first-order chi connectivity index (χ1) is 13.1. The summed E-state index contributed by atoms with van der Waals surface area (Å²) < 4.78 is 23.5. The van der Waals surface area contributed by atoms with Crippen LogP contribution in [-0.4, -0.2) is 31.2 Å². The summed E-state index contributed by atoms with van der Waals surface area (Å²) in [7, 11) is 1.58. The second-order valence-corrected chi connectivity index (χ2v) is 6.58. The van der Waals surface area contributed by atoms with Crippen LogP contribution in [0.15, 0.2) is 53.9 Å². The molecule has 1 aromatic heterocycles. The van der Waals surface area contributed by atoms with Crippen molar-refractivity contribution in [2.24, 2.45) is 0 Å². The van der Waals surface area contributed by atoms with Gasteiger partial charge in [-0.2, -0.15) is 0 Å². The minimum absolute atomic E-state index is 0.0644. The van der Waals surface area contributed by atoms with Crippen molar-refractivity contribution in [1.29, 1.82) is 0 Å². The molecule has 0 aliphatic carbocycles. The number of aromatic nitrogens is 1. The molecule has 0 saturated carbocycles. The first kappa shape index (κ1) is 18.8. The van der Waals surface area contributed by atoms with Gasteiger partial charge in [0, 0.05) is 30.0 Å². The Labute approximate surface area is 160 Å². The van der Waals surface area contributed by atoms with Crippen molar-refractivity contribution in [3.8, 4) is 22.1 Å². The second-order valence-electron chi connectivity index (χ2n) is 5.72. The third kappa shape index (κ3) is 5.52. The summed E-state index contributed by atoms with van der Waals surface area (Å²) in [5.41, 5.74) is 1.76. The van der Waals surface area contributed by atoms with Gasteiger partial charge in [0.1, 0.15) is 22.3 Å². The van der Waals surface area contributed by atoms with Gasteiger partial charge in [-0.15, -0.1) is 11.3 Å². The lowest BCUT2D eigenvalue weighted by atomic mass is 10.2. The van der Waals surface area contributed by atoms with E-state index in [9.17, 15) is 9.18 Å². The Kier molecular flexibility index (Phi) is 6.38. The van der Waals surface area contributed by atoms with Crippen LogP contribution in [0.2, 0.25) is 0 Å². The van der Waals surface area contributed by atoms with Crippen molar-refractivity contribution in [3.63, 3.8) is 0 Å². The SMILES string of the molecule is COc1cccc(OCC(=O)NCCc2csc(-c3ccc(F)cc3)n2)c1. The van der Waals surface area contributed by atoms with E-state index in [0.29, 0.717) is 24.5 Å². The highest BCUT2D eigenvalue weighted by molar-refractivity contribution is 7.13. The zero-order valence-corrected chi connectivity index (χ0v) is 15.6. The summed E-state index contributed by atoms with van der Waals surface area (Å²) in [6.45, 7) is 0.401. The summed E-state index contributed by atoms with van der Waals surface area (Å²) >= 11 is 1.50. The van der Waals surface area contributed by atoms with Gasteiger partial charge in [-0.3, -0.25) is 4.79 Å². The number of carbonyl (C=O) groups excluding carboxylic acids is 1. The zero-order valence-electron chi connectivity index (χ0n) is 14.8. The van der Waals surface area contributed by atoms with Crippen LogP contribution in [0.3, 0.4) is 0 Å². The molecule has 3 aromatic rings. The molecule has 27 heavy (non-hydrogen) atoms. The van der Waals surface area contributed by atoms with Crippen molar-refractivity contribution >= 4 is 17.2 Å². The predicted octanol–water partition coefficient (Wildman–Crippen LogP) is 3.70. The molecule has 0 fully saturated rings. The van der Waals surface area contributed by atoms with Gasteiger partial charge in [-0.25, -0.2) is 9.37 Å². The molecule has 0 aliphatic rings. The van der Waals surface area contributed by atoms with E-state index in [1.54, 1.807) is 43.5 Å². The van der Waals surface area contributed by atoms with Gasteiger partial charge < -0.3 is 14.8 Å². The molecule has 0 bridgehead atoms. The highest BCUT2D eigenvalue weighted by atomic mass is 32.1. The quantitative estimate of drug-likeness (QED) is 0.641. The molecule has 140 valence electrons. The number of nitrogens with one attached hydrogen (secondary N) is 1. The Morgan fingerprint density at radius 1 is 1.19 bits per heavy atom. The standard InChI is InChI=1S/C20H19FN2O3S/c1-25-17-3-2-4-18(11-17)26-12-19(24)22-10-9-16-13-27-20(23-16)14-5-7-15(21)8-6-14/h2-8,11,13H,9-10,12H2,1H3,(H,22,24). The van der Waals surface area contributed by atoms with Crippen molar-refractivity contribution in [2.45, 2.75) is 6.42 Å². The number of thiazole rings is 1. The zero-order chi connectivity index (χ0) is 19.1. The topological polar surface area (TPSA) is 60.5 Å². The number of ether oxygens (including phenoxy) is 2. The predicted molar refractivity (Wildman–Crippen MR) is 103 cm³/mol. The first-order valence-electron chi connectivity index (χ1n) is 8.38. The normalized spacial score (nSPS) is 10.4. The molecule has 0 spiro atoms. The summed E-state index contributed by atoms with van der Waals surface area (Å²) in [4.78, 5) is 16.4. The van der Waals surface area contributed by atoms with Gasteiger partial charge >= 0.3 is 0 Å². The number of methoxy groups -OCH3 is 1. The average Bonchev–Trinajstić information content (AvgIpc) is 3.16. The number of amides is 1. The minimum atomic E-state index is -0.269. The Morgan fingerprint density at radius 3 is 2.74 bits per heavy atom. The molecule has 1 N–H and O–H groups in total. The van der Waals surface area contributed by atoms with Crippen molar-refractivity contribution < 1.29 is 18.7 Å². The number of hydrogen-bond donors (Lipinski definition) is 1. The average molecular weight is 386 g/mol. The molecular weight excluding hydrogens is 367 g/mol. The second kappa shape index (κ2) is 9.14. The third-order valence-electron chi connectivity index (χ3n) is 3.76. The van der Waals surface area contributed by atoms with Crippen LogP contribution in [0, 0.1) is 5.82 Å². The highest BCUT2D eigenvalue weighted by Gasteiger charge is 2.07. The van der Waals surface area contributed by atoms with Gasteiger partial charge in [-0.05, 0) is 36.4 Å². The van der Waals surface area contributed by atoms with Crippen molar-refractivity contribution in [2.75, 3.05) is 20.3 Å². The van der Waals surface area contributed by atoms with Gasteiger partial charge in [0.15, 0.2) is 6.61 Å². The Hall–Kier alpha value is -2.93. The van der Waals surface area contributed by atoms with Gasteiger partial charge in [0.25, 0.3) is 5.91 Å². The molecule has 0 unspecified atom stereocenters. The van der Waals surface area contributed by atoms with E-state index in [1.165, 1.54) is 23.5 Å². The number of halogens is 1. The van der Waals surface area contributed by atoms with Crippen LogP contribution < -0.4 is 14.8 Å². The van der Waals surface area contributed by atoms with Gasteiger partial charge in [0.2, 0.25) is 0 Å². The number of carbonyl (C=O) groups is 1. The number of nitrogens with zero attached hydrogens (tertiary/aromatic N) is 1. The van der Waals surface area contributed by atoms with Crippen LogP contribution >= 0.6 is 11.3 Å². The number of benzene rings is 2. The fourth-order valence-electron chi connectivity index (χ4n) is 2.37. The summed E-state index contributed by atoms with van der Waals surface area (Å²) in [5, 5.41) is 5.58. The molecule has 0 saturated heterocycles. The molecule has 2 aromatic carbocycles. The van der Waals surface area contributed by atoms with E-state index >= 15 is 0 Å². The summed E-state index contributed by atoms with van der Waals surface area (Å²) in [5.74, 6) is 0.780. The molecule has 1 amide bonds. The lowest BCUT2D eigenvalue weighted by Crippen LogP contribution is -2.30. The van der Waals surface area contributed by atoms with Crippen LogP contribution in [0.4, 0.5) is 4.39 Å². The molecule has 0 atom stereocenters. The van der Waals surface area contributed by atoms with E-state index in [0.717, 1.165) is 16.3 Å². The highest BCUT2D eigenvalue weighted by Crippen LogP contribution is 2.24. The maximum absolute atomic E-state index is 13.0. The molecule has 0 aliphatic heterocycles. The maximum atomic E-state index is 13.0. The van der Waals surface area contributed by atoms with E-state index in [-0.39, 0.29) is 18.3 Å². The Balaban J connectivity index is 1.43. The number of hydrogen-bond acceptors (Lipinski definition) is 5. The van der Waals surface area contributed by atoms with E-state index < -0.39 is 0 Å². The van der Waals surface area contributed by atoms with Crippen LogP contribution in [0.1, 0.15) is 5.69 Å². The monoisotopic (exact) mass is 386 g/mol. The molecule has 3 rings (SSSR count). The molecule has 7 heteroatoms. The molecule has 0 radical (unpaired) electrons. The fourth-order valence-corrected chi connectivity index (χ4v) is 3.23. The largest absolute Gasteiger partial charge is 0.497 e. The fraction of sp³-hybridized carbons (Fsp3) is 0.200. The van der Waals surface area contributed by atoms with Crippen molar-refractivity contribution in [1.82, 2.24) is 10.3 Å². The maximum Gasteiger partial charge on any atom is 0.257 e. The van der Waals surface area contributed by atoms with Crippen LogP contribution in [-0.2, 0) is 11.2 Å². The van der Waals surface area contributed by atoms with E-state index in [2.05, 4.69) is 10.3 Å². The van der Waals surface area contributed by atoms with E-state index in [1.807, 2.05) is 5.38 Å². The smallest absolute Gasteiger partial charge is 0.257 e. The molecule has 5 nitrogen and oxygen atoms in total. The number of rotatable bonds is 8. The summed E-state index contributed by atoms with van der Waals surface area (Å²) in [6, 6.07) is 13.3. The Bertz CT molecular complexity index is 896. The van der Waals surface area contributed by atoms with E-state index in [4.69, 9.17) is 9.47 Å². The van der Waals surface area contributed by atoms with Crippen LogP contribution in [0.5, 0.6) is 11.5 Å². The lowest BCUT2D eigenvalue weighted by Gasteiger charge is -2.08. The van der Waals surface area contributed by atoms with Crippen molar-refractivity contribution in [3.05, 3.63) is 65.4 Å².